The van der Waals surface area contributed by atoms with Crippen molar-refractivity contribution >= 4 is 5.91 Å². The van der Waals surface area contributed by atoms with Gasteiger partial charge in [-0.2, -0.15) is 0 Å². The van der Waals surface area contributed by atoms with E-state index >= 15 is 0 Å². The summed E-state index contributed by atoms with van der Waals surface area (Å²) < 4.78 is 5.30. The summed E-state index contributed by atoms with van der Waals surface area (Å²) in [7, 11) is 1.88. The Bertz CT molecular complexity index is 344. The molecule has 0 bridgehead atoms. The van der Waals surface area contributed by atoms with Crippen LogP contribution in [0.15, 0.2) is 30.3 Å². The Hall–Kier alpha value is -1.35. The topological polar surface area (TPSA) is 29.5 Å². The minimum absolute atomic E-state index is 0.104. The number of amides is 1. The number of carbonyl (C=O) groups is 1. The van der Waals surface area contributed by atoms with E-state index in [4.69, 9.17) is 4.74 Å². The molecule has 0 spiro atoms. The van der Waals surface area contributed by atoms with Crippen molar-refractivity contribution in [2.45, 2.75) is 18.9 Å². The van der Waals surface area contributed by atoms with Crippen LogP contribution in [-0.2, 0) is 4.74 Å². The summed E-state index contributed by atoms with van der Waals surface area (Å²) in [6, 6.07) is 9.75. The Morgan fingerprint density at radius 1 is 1.25 bits per heavy atom. The second-order valence-electron chi connectivity index (χ2n) is 4.13. The van der Waals surface area contributed by atoms with Crippen LogP contribution in [0.4, 0.5) is 0 Å². The van der Waals surface area contributed by atoms with Gasteiger partial charge in [0.1, 0.15) is 0 Å². The van der Waals surface area contributed by atoms with Crippen molar-refractivity contribution in [3.05, 3.63) is 35.9 Å². The molecule has 16 heavy (non-hydrogen) atoms. The fourth-order valence-electron chi connectivity index (χ4n) is 2.02. The van der Waals surface area contributed by atoms with Crippen LogP contribution >= 0.6 is 0 Å². The minimum atomic E-state index is 0.104. The quantitative estimate of drug-likeness (QED) is 0.760. The Morgan fingerprint density at radius 3 is 2.50 bits per heavy atom. The highest BCUT2D eigenvalue weighted by atomic mass is 16.5. The number of hydrogen-bond acceptors (Lipinski definition) is 2. The fraction of sp³-hybridized carbons (Fsp3) is 0.462. The van der Waals surface area contributed by atoms with Gasteiger partial charge in [0, 0.05) is 31.9 Å². The first-order chi connectivity index (χ1) is 7.79. The van der Waals surface area contributed by atoms with Gasteiger partial charge in [0.05, 0.1) is 0 Å². The lowest BCUT2D eigenvalue weighted by Gasteiger charge is -2.31. The van der Waals surface area contributed by atoms with E-state index in [1.54, 1.807) is 0 Å². The molecule has 0 radical (unpaired) electrons. The SMILES string of the molecule is CN(C(=O)c1ccccc1)C1CCOCC1. The molecule has 1 saturated heterocycles. The molecule has 1 fully saturated rings. The highest BCUT2D eigenvalue weighted by molar-refractivity contribution is 5.94. The van der Waals surface area contributed by atoms with Crippen molar-refractivity contribution in [2.24, 2.45) is 0 Å². The molecule has 1 aliphatic heterocycles. The molecule has 86 valence electrons. The van der Waals surface area contributed by atoms with Crippen LogP contribution in [0.25, 0.3) is 0 Å². The van der Waals surface area contributed by atoms with Crippen molar-refractivity contribution in [3.8, 4) is 0 Å². The number of carbonyl (C=O) groups excluding carboxylic acids is 1. The molecular weight excluding hydrogens is 202 g/mol. The van der Waals surface area contributed by atoms with Crippen molar-refractivity contribution < 1.29 is 9.53 Å². The molecule has 1 aromatic carbocycles. The summed E-state index contributed by atoms with van der Waals surface area (Å²) in [5.41, 5.74) is 0.761. The maximum atomic E-state index is 12.1. The molecular formula is C13H17NO2. The van der Waals surface area contributed by atoms with E-state index in [2.05, 4.69) is 0 Å². The summed E-state index contributed by atoms with van der Waals surface area (Å²) in [6.45, 7) is 1.52. The minimum Gasteiger partial charge on any atom is -0.381 e. The molecule has 0 atom stereocenters. The van der Waals surface area contributed by atoms with Crippen molar-refractivity contribution in [1.82, 2.24) is 4.90 Å². The second kappa shape index (κ2) is 5.12. The predicted octanol–water partition coefficient (Wildman–Crippen LogP) is 1.94. The van der Waals surface area contributed by atoms with Crippen molar-refractivity contribution in [3.63, 3.8) is 0 Å². The maximum absolute atomic E-state index is 12.1. The van der Waals surface area contributed by atoms with Gasteiger partial charge < -0.3 is 9.64 Å². The first-order valence-corrected chi connectivity index (χ1v) is 5.69. The van der Waals surface area contributed by atoms with Crippen LogP contribution in [0.3, 0.4) is 0 Å². The molecule has 2 rings (SSSR count). The molecule has 3 nitrogen and oxygen atoms in total. The van der Waals surface area contributed by atoms with Crippen LogP contribution in [-0.4, -0.2) is 37.1 Å². The summed E-state index contributed by atoms with van der Waals surface area (Å²) in [6.07, 6.45) is 1.88. The van der Waals surface area contributed by atoms with E-state index in [0.29, 0.717) is 6.04 Å². The lowest BCUT2D eigenvalue weighted by atomic mass is 10.1. The van der Waals surface area contributed by atoms with Gasteiger partial charge in [-0.05, 0) is 25.0 Å². The Balaban J connectivity index is 2.04. The summed E-state index contributed by atoms with van der Waals surface area (Å²) >= 11 is 0. The smallest absolute Gasteiger partial charge is 0.253 e. The maximum Gasteiger partial charge on any atom is 0.253 e. The molecule has 1 aliphatic rings. The van der Waals surface area contributed by atoms with Gasteiger partial charge in [0.2, 0.25) is 0 Å². The highest BCUT2D eigenvalue weighted by Crippen LogP contribution is 2.15. The Labute approximate surface area is 96.0 Å². The van der Waals surface area contributed by atoms with Gasteiger partial charge in [-0.15, -0.1) is 0 Å². The van der Waals surface area contributed by atoms with E-state index in [9.17, 15) is 4.79 Å². The normalized spacial score (nSPS) is 17.1. The van der Waals surface area contributed by atoms with E-state index in [1.165, 1.54) is 0 Å². The molecule has 0 aromatic heterocycles. The fourth-order valence-corrected chi connectivity index (χ4v) is 2.02. The molecule has 0 unspecified atom stereocenters. The molecule has 1 amide bonds. The van der Waals surface area contributed by atoms with Gasteiger partial charge in [-0.3, -0.25) is 4.79 Å². The number of benzene rings is 1. The van der Waals surface area contributed by atoms with Crippen LogP contribution < -0.4 is 0 Å². The van der Waals surface area contributed by atoms with E-state index < -0.39 is 0 Å². The van der Waals surface area contributed by atoms with Crippen molar-refractivity contribution in [2.75, 3.05) is 20.3 Å². The third-order valence-corrected chi connectivity index (χ3v) is 3.08. The Morgan fingerprint density at radius 2 is 1.88 bits per heavy atom. The third kappa shape index (κ3) is 2.42. The first kappa shape index (κ1) is 11.1. The predicted molar refractivity (Wildman–Crippen MR) is 62.4 cm³/mol. The van der Waals surface area contributed by atoms with Gasteiger partial charge in [-0.1, -0.05) is 18.2 Å². The van der Waals surface area contributed by atoms with Gasteiger partial charge in [0.25, 0.3) is 5.91 Å². The number of rotatable bonds is 2. The molecule has 0 aliphatic carbocycles. The van der Waals surface area contributed by atoms with Gasteiger partial charge >= 0.3 is 0 Å². The number of ether oxygens (including phenoxy) is 1. The largest absolute Gasteiger partial charge is 0.381 e. The van der Waals surface area contributed by atoms with Gasteiger partial charge in [-0.25, -0.2) is 0 Å². The number of nitrogens with zero attached hydrogens (tertiary/aromatic N) is 1. The molecule has 0 saturated carbocycles. The average molecular weight is 219 g/mol. The summed E-state index contributed by atoms with van der Waals surface area (Å²) in [5.74, 6) is 0.104. The van der Waals surface area contributed by atoms with Crippen molar-refractivity contribution in [1.29, 1.82) is 0 Å². The summed E-state index contributed by atoms with van der Waals surface area (Å²) in [5, 5.41) is 0. The van der Waals surface area contributed by atoms with E-state index in [-0.39, 0.29) is 5.91 Å². The third-order valence-electron chi connectivity index (χ3n) is 3.08. The average Bonchev–Trinajstić information content (AvgIpc) is 2.39. The molecule has 3 heteroatoms. The van der Waals surface area contributed by atoms with Crippen LogP contribution in [0.2, 0.25) is 0 Å². The Kier molecular flexibility index (Phi) is 3.57. The second-order valence-corrected chi connectivity index (χ2v) is 4.13. The van der Waals surface area contributed by atoms with Crippen LogP contribution in [0, 0.1) is 0 Å². The molecule has 1 heterocycles. The number of hydrogen-bond donors (Lipinski definition) is 0. The molecule has 0 N–H and O–H groups in total. The monoisotopic (exact) mass is 219 g/mol. The zero-order valence-corrected chi connectivity index (χ0v) is 9.56. The van der Waals surface area contributed by atoms with E-state index in [1.807, 2.05) is 42.3 Å². The lowest BCUT2D eigenvalue weighted by molar-refractivity contribution is 0.0362. The standard InChI is InChI=1S/C13H17NO2/c1-14(12-7-9-16-10-8-12)13(15)11-5-3-2-4-6-11/h2-6,12H,7-10H2,1H3. The van der Waals surface area contributed by atoms with Crippen LogP contribution in [0.5, 0.6) is 0 Å². The first-order valence-electron chi connectivity index (χ1n) is 5.69. The highest BCUT2D eigenvalue weighted by Gasteiger charge is 2.22. The zero-order valence-electron chi connectivity index (χ0n) is 9.56. The van der Waals surface area contributed by atoms with Crippen LogP contribution in [0.1, 0.15) is 23.2 Å². The lowest BCUT2D eigenvalue weighted by Crippen LogP contribution is -2.40. The zero-order chi connectivity index (χ0) is 11.4. The van der Waals surface area contributed by atoms with Gasteiger partial charge in [0.15, 0.2) is 0 Å². The molecule has 1 aromatic rings. The van der Waals surface area contributed by atoms with E-state index in [0.717, 1.165) is 31.6 Å². The summed E-state index contributed by atoms with van der Waals surface area (Å²) in [4.78, 5) is 14.0.